The zero-order chi connectivity index (χ0) is 22.4. The first-order chi connectivity index (χ1) is 15.5. The number of benzene rings is 2. The van der Waals surface area contributed by atoms with Gasteiger partial charge in [-0.2, -0.15) is 0 Å². The van der Waals surface area contributed by atoms with Crippen LogP contribution in [0, 0.1) is 0 Å². The Balaban J connectivity index is 1.61. The molecule has 0 saturated heterocycles. The lowest BCUT2D eigenvalue weighted by Gasteiger charge is -2.24. The molecule has 4 aromatic rings. The molecule has 160 valence electrons. The molecule has 5 rings (SSSR count). The van der Waals surface area contributed by atoms with Crippen molar-refractivity contribution in [3.63, 3.8) is 0 Å². The van der Waals surface area contributed by atoms with E-state index in [1.54, 1.807) is 54.6 Å². The number of carbonyl (C=O) groups excluding carboxylic acids is 2. The predicted molar refractivity (Wildman–Crippen MR) is 120 cm³/mol. The molecule has 3 heterocycles. The second kappa shape index (κ2) is 7.72. The number of hydrogen-bond donors (Lipinski definition) is 1. The molecule has 0 bridgehead atoms. The smallest absolute Gasteiger partial charge is 0.294 e. The van der Waals surface area contributed by atoms with Crippen LogP contribution in [-0.2, 0) is 4.79 Å². The van der Waals surface area contributed by atoms with Crippen molar-refractivity contribution in [3.8, 4) is 5.75 Å². The normalized spacial score (nSPS) is 16.2. The standard InChI is InChI=1S/C24H16BrNO6/c1-30-16-7-5-15(6-8-16)26-21(18-3-2-10-31-18)20(23(28)24(26)29)22(27)19-12-13-11-14(25)4-9-17(13)32-19/h2-12,21,28H,1H3. The fraction of sp³-hybridized carbons (Fsp3) is 0.0833. The maximum absolute atomic E-state index is 13.5. The van der Waals surface area contributed by atoms with Gasteiger partial charge in [0, 0.05) is 15.5 Å². The van der Waals surface area contributed by atoms with Crippen LogP contribution < -0.4 is 9.64 Å². The van der Waals surface area contributed by atoms with E-state index in [1.165, 1.54) is 18.3 Å². The first kappa shape index (κ1) is 20.1. The van der Waals surface area contributed by atoms with Crippen LogP contribution in [0.2, 0.25) is 0 Å². The highest BCUT2D eigenvalue weighted by atomic mass is 79.9. The van der Waals surface area contributed by atoms with Crippen molar-refractivity contribution in [2.45, 2.75) is 6.04 Å². The largest absolute Gasteiger partial charge is 0.503 e. The Labute approximate surface area is 190 Å². The predicted octanol–water partition coefficient (Wildman–Crippen LogP) is 5.58. The molecule has 1 unspecified atom stereocenters. The van der Waals surface area contributed by atoms with Crippen LogP contribution in [0.5, 0.6) is 5.75 Å². The van der Waals surface area contributed by atoms with E-state index >= 15 is 0 Å². The van der Waals surface area contributed by atoms with Crippen LogP contribution in [0.25, 0.3) is 11.0 Å². The molecular formula is C24H16BrNO6. The van der Waals surface area contributed by atoms with Crippen molar-refractivity contribution in [2.24, 2.45) is 0 Å². The Morgan fingerprint density at radius 3 is 2.59 bits per heavy atom. The highest BCUT2D eigenvalue weighted by molar-refractivity contribution is 9.10. The number of furan rings is 2. The second-order valence-electron chi connectivity index (χ2n) is 7.18. The zero-order valence-electron chi connectivity index (χ0n) is 16.7. The van der Waals surface area contributed by atoms with Crippen molar-refractivity contribution >= 4 is 44.3 Å². The summed E-state index contributed by atoms with van der Waals surface area (Å²) >= 11 is 3.39. The number of nitrogens with zero attached hydrogens (tertiary/aromatic N) is 1. The minimum Gasteiger partial charge on any atom is -0.503 e. The number of aliphatic hydroxyl groups excluding tert-OH is 1. The first-order valence-electron chi connectivity index (χ1n) is 9.66. The summed E-state index contributed by atoms with van der Waals surface area (Å²) < 4.78 is 17.3. The summed E-state index contributed by atoms with van der Waals surface area (Å²) in [5.74, 6) is -0.994. The fourth-order valence-electron chi connectivity index (χ4n) is 3.82. The molecular weight excluding hydrogens is 478 g/mol. The molecule has 1 N–H and O–H groups in total. The number of carbonyl (C=O) groups is 2. The highest BCUT2D eigenvalue weighted by Crippen LogP contribution is 2.42. The van der Waals surface area contributed by atoms with Gasteiger partial charge < -0.3 is 18.7 Å². The van der Waals surface area contributed by atoms with Crippen LogP contribution >= 0.6 is 15.9 Å². The number of rotatable bonds is 5. The lowest BCUT2D eigenvalue weighted by molar-refractivity contribution is -0.117. The quantitative estimate of drug-likeness (QED) is 0.364. The van der Waals surface area contributed by atoms with Gasteiger partial charge in [0.2, 0.25) is 5.78 Å². The van der Waals surface area contributed by atoms with E-state index < -0.39 is 23.5 Å². The van der Waals surface area contributed by atoms with Gasteiger partial charge in [0.15, 0.2) is 11.5 Å². The molecule has 0 radical (unpaired) electrons. The number of hydrogen-bond acceptors (Lipinski definition) is 6. The summed E-state index contributed by atoms with van der Waals surface area (Å²) in [7, 11) is 1.54. The van der Waals surface area contributed by atoms with Crippen LogP contribution in [0.3, 0.4) is 0 Å². The van der Waals surface area contributed by atoms with Gasteiger partial charge in [0.25, 0.3) is 5.91 Å². The number of ketones is 1. The van der Waals surface area contributed by atoms with Gasteiger partial charge in [-0.05, 0) is 60.7 Å². The van der Waals surface area contributed by atoms with Crippen LogP contribution in [0.4, 0.5) is 5.69 Å². The Morgan fingerprint density at radius 2 is 1.91 bits per heavy atom. The molecule has 2 aromatic heterocycles. The molecule has 8 heteroatoms. The van der Waals surface area contributed by atoms with E-state index in [-0.39, 0.29) is 11.3 Å². The SMILES string of the molecule is COc1ccc(N2C(=O)C(O)=C(C(=O)c3cc4cc(Br)ccc4o3)C2c2ccco2)cc1. The molecule has 1 aliphatic rings. The monoisotopic (exact) mass is 493 g/mol. The summed E-state index contributed by atoms with van der Waals surface area (Å²) in [6, 6.07) is 16.0. The summed E-state index contributed by atoms with van der Waals surface area (Å²) in [6.45, 7) is 0. The molecule has 0 saturated carbocycles. The Bertz CT molecular complexity index is 1370. The minimum absolute atomic E-state index is 0.0144. The number of Topliss-reactive ketones (excluding diaryl/α,β-unsaturated/α-hetero) is 1. The number of anilines is 1. The molecule has 0 spiro atoms. The average molecular weight is 494 g/mol. The molecule has 2 aromatic carbocycles. The van der Waals surface area contributed by atoms with E-state index in [4.69, 9.17) is 13.6 Å². The van der Waals surface area contributed by atoms with E-state index in [2.05, 4.69) is 15.9 Å². The maximum Gasteiger partial charge on any atom is 0.294 e. The maximum atomic E-state index is 13.5. The Kier molecular flexibility index (Phi) is 4.86. The second-order valence-corrected chi connectivity index (χ2v) is 8.09. The number of aliphatic hydroxyl groups is 1. The zero-order valence-corrected chi connectivity index (χ0v) is 18.3. The van der Waals surface area contributed by atoms with Gasteiger partial charge in [-0.1, -0.05) is 15.9 Å². The number of amides is 1. The van der Waals surface area contributed by atoms with Crippen molar-refractivity contribution in [2.75, 3.05) is 12.0 Å². The van der Waals surface area contributed by atoms with E-state index in [9.17, 15) is 14.7 Å². The molecule has 7 nitrogen and oxygen atoms in total. The third kappa shape index (κ3) is 3.20. The molecule has 32 heavy (non-hydrogen) atoms. The van der Waals surface area contributed by atoms with Crippen LogP contribution in [-0.4, -0.2) is 23.9 Å². The lowest BCUT2D eigenvalue weighted by Crippen LogP contribution is -2.30. The third-order valence-electron chi connectivity index (χ3n) is 5.32. The van der Waals surface area contributed by atoms with Crippen molar-refractivity contribution in [1.82, 2.24) is 0 Å². The van der Waals surface area contributed by atoms with Crippen LogP contribution in [0.15, 0.2) is 91.6 Å². The summed E-state index contributed by atoms with van der Waals surface area (Å²) in [6.07, 6.45) is 1.45. The number of fused-ring (bicyclic) bond motifs is 1. The molecule has 1 aliphatic heterocycles. The van der Waals surface area contributed by atoms with Crippen molar-refractivity contribution in [1.29, 1.82) is 0 Å². The average Bonchev–Trinajstić information content (AvgIpc) is 3.52. The number of halogens is 1. The molecule has 1 amide bonds. The van der Waals surface area contributed by atoms with E-state index in [0.717, 1.165) is 4.47 Å². The summed E-state index contributed by atoms with van der Waals surface area (Å²) in [5.41, 5.74) is 0.876. The van der Waals surface area contributed by atoms with Gasteiger partial charge in [-0.3, -0.25) is 14.5 Å². The number of ether oxygens (including phenoxy) is 1. The lowest BCUT2D eigenvalue weighted by atomic mass is 9.99. The number of methoxy groups -OCH3 is 1. The topological polar surface area (TPSA) is 93.1 Å². The minimum atomic E-state index is -0.960. The Morgan fingerprint density at radius 1 is 1.12 bits per heavy atom. The van der Waals surface area contributed by atoms with Crippen molar-refractivity contribution < 1.29 is 28.3 Å². The van der Waals surface area contributed by atoms with Crippen molar-refractivity contribution in [3.05, 3.63) is 94.3 Å². The fourth-order valence-corrected chi connectivity index (χ4v) is 4.20. The summed E-state index contributed by atoms with van der Waals surface area (Å²) in [4.78, 5) is 27.9. The summed E-state index contributed by atoms with van der Waals surface area (Å²) in [5, 5.41) is 11.5. The van der Waals surface area contributed by atoms with Gasteiger partial charge in [-0.25, -0.2) is 0 Å². The third-order valence-corrected chi connectivity index (χ3v) is 5.81. The molecule has 0 fully saturated rings. The van der Waals surface area contributed by atoms with Gasteiger partial charge in [-0.15, -0.1) is 0 Å². The molecule has 0 aliphatic carbocycles. The van der Waals surface area contributed by atoms with Gasteiger partial charge in [0.1, 0.15) is 23.1 Å². The Hall–Kier alpha value is -3.78. The highest BCUT2D eigenvalue weighted by Gasteiger charge is 2.46. The first-order valence-corrected chi connectivity index (χ1v) is 10.4. The van der Waals surface area contributed by atoms with E-state index in [0.29, 0.717) is 28.2 Å². The van der Waals surface area contributed by atoms with Crippen LogP contribution in [0.1, 0.15) is 22.4 Å². The molecule has 1 atom stereocenters. The van der Waals surface area contributed by atoms with Gasteiger partial charge in [0.05, 0.1) is 18.9 Å². The van der Waals surface area contributed by atoms with E-state index in [1.807, 2.05) is 6.07 Å². The van der Waals surface area contributed by atoms with Gasteiger partial charge >= 0.3 is 0 Å².